The third-order valence-electron chi connectivity index (χ3n) is 8.27. The number of oxazole rings is 1. The van der Waals surface area contributed by atoms with Crippen molar-refractivity contribution in [3.63, 3.8) is 0 Å². The molecule has 0 saturated carbocycles. The maximum absolute atomic E-state index is 14.0. The quantitative estimate of drug-likeness (QED) is 0.272. The average Bonchev–Trinajstić information content (AvgIpc) is 3.83. The highest BCUT2D eigenvalue weighted by Crippen LogP contribution is 2.33. The summed E-state index contributed by atoms with van der Waals surface area (Å²) in [6, 6.07) is 14.0. The summed E-state index contributed by atoms with van der Waals surface area (Å²) in [5.41, 5.74) is 3.58. The molecule has 43 heavy (non-hydrogen) atoms. The van der Waals surface area contributed by atoms with Crippen LogP contribution < -0.4 is 10.6 Å². The molecular formula is C33H36N6O4. The van der Waals surface area contributed by atoms with E-state index in [2.05, 4.69) is 25.6 Å². The van der Waals surface area contributed by atoms with Crippen molar-refractivity contribution in [3.8, 4) is 11.3 Å². The molecule has 10 heteroatoms. The first-order valence-corrected chi connectivity index (χ1v) is 14.9. The van der Waals surface area contributed by atoms with Crippen LogP contribution >= 0.6 is 0 Å². The van der Waals surface area contributed by atoms with Crippen LogP contribution in [0.4, 0.5) is 0 Å². The second-order valence-corrected chi connectivity index (χ2v) is 11.3. The highest BCUT2D eigenvalue weighted by atomic mass is 16.3. The molecule has 2 aliphatic rings. The summed E-state index contributed by atoms with van der Waals surface area (Å²) in [4.78, 5) is 42.7. The van der Waals surface area contributed by atoms with Gasteiger partial charge in [-0.2, -0.15) is 0 Å². The van der Waals surface area contributed by atoms with Crippen molar-refractivity contribution in [3.05, 3.63) is 102 Å². The van der Waals surface area contributed by atoms with Crippen molar-refractivity contribution >= 4 is 11.8 Å². The van der Waals surface area contributed by atoms with E-state index in [4.69, 9.17) is 4.42 Å². The fourth-order valence-corrected chi connectivity index (χ4v) is 6.10. The normalized spacial score (nSPS) is 19.7. The first-order valence-electron chi connectivity index (χ1n) is 14.9. The number of carbonyl (C=O) groups is 2. The number of nitrogens with zero attached hydrogens (tertiary/aromatic N) is 4. The third kappa shape index (κ3) is 6.50. The third-order valence-corrected chi connectivity index (χ3v) is 8.27. The highest BCUT2D eigenvalue weighted by molar-refractivity contribution is 6.01. The zero-order chi connectivity index (χ0) is 29.8. The van der Waals surface area contributed by atoms with Crippen molar-refractivity contribution in [2.75, 3.05) is 13.1 Å². The topological polar surface area (TPSA) is 133 Å². The van der Waals surface area contributed by atoms with Gasteiger partial charge >= 0.3 is 0 Å². The van der Waals surface area contributed by atoms with E-state index < -0.39 is 12.1 Å². The minimum Gasteiger partial charge on any atom is -0.446 e. The number of rotatable bonds is 9. The SMILES string of the molecule is Cc1coc(C2CCCN2C(=O)c2cc(C(=O)N[C@@H](Cc3ccccc3)[C@H](O)[C@H]3CCCN3)cc(-c3cnccn3)c2)n1. The van der Waals surface area contributed by atoms with Crippen LogP contribution in [-0.2, 0) is 6.42 Å². The van der Waals surface area contributed by atoms with E-state index >= 15 is 0 Å². The van der Waals surface area contributed by atoms with Crippen LogP contribution in [0.15, 0.2) is 77.8 Å². The number of hydrogen-bond donors (Lipinski definition) is 3. The Balaban J connectivity index is 1.32. The minimum atomic E-state index is -0.787. The van der Waals surface area contributed by atoms with Gasteiger partial charge in [0.05, 0.1) is 29.7 Å². The Bertz CT molecular complexity index is 1550. The van der Waals surface area contributed by atoms with Gasteiger partial charge in [-0.25, -0.2) is 4.98 Å². The fourth-order valence-electron chi connectivity index (χ4n) is 6.10. The second-order valence-electron chi connectivity index (χ2n) is 11.3. The van der Waals surface area contributed by atoms with Crippen LogP contribution in [0.1, 0.15) is 69.6 Å². The maximum Gasteiger partial charge on any atom is 0.254 e. The number of aliphatic hydroxyl groups excluding tert-OH is 1. The number of aryl methyl sites for hydroxylation is 1. The van der Waals surface area contributed by atoms with Crippen molar-refractivity contribution in [1.29, 1.82) is 0 Å². The molecule has 0 spiro atoms. The Morgan fingerprint density at radius 1 is 1.12 bits per heavy atom. The van der Waals surface area contributed by atoms with E-state index in [1.54, 1.807) is 48.0 Å². The summed E-state index contributed by atoms with van der Waals surface area (Å²) >= 11 is 0. The molecule has 2 amide bonds. The molecule has 2 aromatic carbocycles. The predicted molar refractivity (Wildman–Crippen MR) is 160 cm³/mol. The number of nitrogens with one attached hydrogen (secondary N) is 2. The zero-order valence-corrected chi connectivity index (χ0v) is 24.1. The Morgan fingerprint density at radius 2 is 1.95 bits per heavy atom. The number of benzene rings is 2. The van der Waals surface area contributed by atoms with Crippen LogP contribution in [0.25, 0.3) is 11.3 Å². The second kappa shape index (κ2) is 12.8. The van der Waals surface area contributed by atoms with Gasteiger partial charge in [0.25, 0.3) is 11.8 Å². The highest BCUT2D eigenvalue weighted by Gasteiger charge is 2.35. The van der Waals surface area contributed by atoms with Crippen molar-refractivity contribution in [2.45, 2.75) is 63.3 Å². The molecule has 222 valence electrons. The molecule has 6 rings (SSSR count). The molecule has 2 aromatic heterocycles. The summed E-state index contributed by atoms with van der Waals surface area (Å²) in [7, 11) is 0. The number of hydrogen-bond acceptors (Lipinski definition) is 8. The molecule has 10 nitrogen and oxygen atoms in total. The van der Waals surface area contributed by atoms with E-state index in [0.29, 0.717) is 41.2 Å². The van der Waals surface area contributed by atoms with E-state index in [1.165, 1.54) is 0 Å². The molecule has 0 aliphatic carbocycles. The van der Waals surface area contributed by atoms with Gasteiger partial charge in [0.1, 0.15) is 12.3 Å². The van der Waals surface area contributed by atoms with Crippen LogP contribution in [0, 0.1) is 6.92 Å². The molecule has 4 heterocycles. The van der Waals surface area contributed by atoms with Crippen LogP contribution in [0.2, 0.25) is 0 Å². The first-order chi connectivity index (χ1) is 21.0. The van der Waals surface area contributed by atoms with Gasteiger partial charge in [0.2, 0.25) is 5.89 Å². The van der Waals surface area contributed by atoms with Crippen LogP contribution in [-0.4, -0.2) is 68.0 Å². The molecule has 0 bridgehead atoms. The Hall–Kier alpha value is -4.41. The van der Waals surface area contributed by atoms with Crippen molar-refractivity contribution in [1.82, 2.24) is 30.5 Å². The minimum absolute atomic E-state index is 0.108. The summed E-state index contributed by atoms with van der Waals surface area (Å²) < 4.78 is 5.66. The predicted octanol–water partition coefficient (Wildman–Crippen LogP) is 3.87. The smallest absolute Gasteiger partial charge is 0.254 e. The molecule has 4 atom stereocenters. The molecule has 0 radical (unpaired) electrons. The van der Waals surface area contributed by atoms with Gasteiger partial charge in [-0.05, 0) is 69.3 Å². The number of aromatic nitrogens is 3. The van der Waals surface area contributed by atoms with E-state index in [0.717, 1.165) is 43.5 Å². The van der Waals surface area contributed by atoms with E-state index in [-0.39, 0.29) is 23.9 Å². The van der Waals surface area contributed by atoms with Gasteiger partial charge in [-0.1, -0.05) is 30.3 Å². The van der Waals surface area contributed by atoms with Gasteiger partial charge in [0.15, 0.2) is 0 Å². The Kier molecular flexibility index (Phi) is 8.57. The Labute approximate surface area is 250 Å². The molecular weight excluding hydrogens is 544 g/mol. The lowest BCUT2D eigenvalue weighted by atomic mass is 9.94. The summed E-state index contributed by atoms with van der Waals surface area (Å²) in [6.45, 7) is 3.25. The number of amides is 2. The van der Waals surface area contributed by atoms with Gasteiger partial charge in [-0.3, -0.25) is 19.6 Å². The molecule has 1 unspecified atom stereocenters. The number of aliphatic hydroxyl groups is 1. The largest absolute Gasteiger partial charge is 0.446 e. The lowest BCUT2D eigenvalue weighted by molar-refractivity contribution is 0.0715. The average molecular weight is 581 g/mol. The van der Waals surface area contributed by atoms with E-state index in [9.17, 15) is 14.7 Å². The fraction of sp³-hybridized carbons (Fsp3) is 0.364. The number of likely N-dealkylation sites (tertiary alicyclic amines) is 1. The van der Waals surface area contributed by atoms with Gasteiger partial charge in [0, 0.05) is 41.7 Å². The standard InChI is InChI=1S/C33H36N6O4/c1-21-20-43-32(37-21)29-10-6-14-39(29)33(42)25-17-23(28-19-34-12-13-36-28)16-24(18-25)31(41)38-27(15-22-7-3-2-4-8-22)30(40)26-9-5-11-35-26/h2-4,7-8,12-13,16-20,26-27,29-30,35,40H,5-6,9-11,14-15H2,1H3,(H,38,41)/t26-,27+,29?,30-/m1/s1. The van der Waals surface area contributed by atoms with E-state index in [1.807, 2.05) is 37.3 Å². The lowest BCUT2D eigenvalue weighted by Gasteiger charge is -2.29. The maximum atomic E-state index is 14.0. The summed E-state index contributed by atoms with van der Waals surface area (Å²) in [6.07, 6.45) is 9.41. The summed E-state index contributed by atoms with van der Waals surface area (Å²) in [5.74, 6) is -0.0714. The van der Waals surface area contributed by atoms with Crippen LogP contribution in [0.5, 0.6) is 0 Å². The Morgan fingerprint density at radius 3 is 2.67 bits per heavy atom. The van der Waals surface area contributed by atoms with Crippen molar-refractivity contribution in [2.24, 2.45) is 0 Å². The molecule has 2 saturated heterocycles. The molecule has 4 aromatic rings. The first kappa shape index (κ1) is 28.7. The lowest BCUT2D eigenvalue weighted by Crippen LogP contribution is -2.52. The van der Waals surface area contributed by atoms with Gasteiger partial charge < -0.3 is 25.1 Å². The van der Waals surface area contributed by atoms with Crippen molar-refractivity contribution < 1.29 is 19.1 Å². The molecule has 3 N–H and O–H groups in total. The monoisotopic (exact) mass is 580 g/mol. The molecule has 2 aliphatic heterocycles. The number of carbonyl (C=O) groups excluding carboxylic acids is 2. The van der Waals surface area contributed by atoms with Gasteiger partial charge in [-0.15, -0.1) is 0 Å². The van der Waals surface area contributed by atoms with Crippen LogP contribution in [0.3, 0.4) is 0 Å². The zero-order valence-electron chi connectivity index (χ0n) is 24.1. The molecule has 2 fully saturated rings. The summed E-state index contributed by atoms with van der Waals surface area (Å²) in [5, 5.41) is 17.8.